The smallest absolute Gasteiger partial charge is 0.205 e. The van der Waals surface area contributed by atoms with E-state index < -0.39 is 7.33 Å². The minimum Gasteiger partial charge on any atom is -0.333 e. The number of hydrogen-bond donors (Lipinski definition) is 0. The maximum Gasteiger partial charge on any atom is 0.205 e. The van der Waals surface area contributed by atoms with Crippen LogP contribution in [-0.2, 0) is 0 Å². The molecular formula is C8H18Cl4NS2+. The van der Waals surface area contributed by atoms with Crippen molar-refractivity contribution in [3.05, 3.63) is 0 Å². The van der Waals surface area contributed by atoms with E-state index in [0.717, 1.165) is 4.48 Å². The van der Waals surface area contributed by atoms with Crippen molar-refractivity contribution in [1.82, 2.24) is 0 Å². The number of halogens is 4. The molecule has 15 heavy (non-hydrogen) atoms. The maximum absolute atomic E-state index is 5.76. The molecule has 1 nitrogen and oxygen atoms in total. The molecule has 0 aliphatic heterocycles. The first-order valence-electron chi connectivity index (χ1n) is 4.02. The number of nitrogens with zero attached hydrogens (tertiary/aromatic N) is 1. The van der Waals surface area contributed by atoms with E-state index in [4.69, 9.17) is 46.4 Å². The van der Waals surface area contributed by atoms with Crippen molar-refractivity contribution >= 4 is 69.9 Å². The van der Waals surface area contributed by atoms with Gasteiger partial charge < -0.3 is 4.48 Å². The van der Waals surface area contributed by atoms with Gasteiger partial charge in [0.2, 0.25) is 7.33 Å². The van der Waals surface area contributed by atoms with Crippen LogP contribution < -0.4 is 0 Å². The molecule has 7 heteroatoms. The third-order valence-corrected chi connectivity index (χ3v) is 6.44. The molecule has 0 amide bonds. The fraction of sp³-hybridized carbons (Fsp3) is 1.00. The van der Waals surface area contributed by atoms with E-state index in [1.807, 2.05) is 0 Å². The summed E-state index contributed by atoms with van der Waals surface area (Å²) in [6.07, 6.45) is 3.49. The Hall–Kier alpha value is 1.82. The zero-order chi connectivity index (χ0) is 12.9. The quantitative estimate of drug-likeness (QED) is 0.558. The first kappa shape index (κ1) is 19.2. The molecule has 0 radical (unpaired) electrons. The minimum atomic E-state index is -1.16. The van der Waals surface area contributed by atoms with E-state index in [2.05, 4.69) is 28.2 Å². The zero-order valence-electron chi connectivity index (χ0n) is 9.78. The van der Waals surface area contributed by atoms with Gasteiger partial charge in [-0.1, -0.05) is 46.4 Å². The third-order valence-electron chi connectivity index (χ3n) is 0.852. The van der Waals surface area contributed by atoms with E-state index in [9.17, 15) is 0 Å². The Bertz CT molecular complexity index is 160. The van der Waals surface area contributed by atoms with Gasteiger partial charge in [-0.15, -0.1) is 23.5 Å². The standard InChI is InChI=1S/C4H6Cl4S2.C4H12N/c1-9-3(5,6)4(7,8)10-2;1-5(2,3)4/h1-2H3;1-4H3/q;+1. The lowest BCUT2D eigenvalue weighted by Crippen LogP contribution is -2.28. The van der Waals surface area contributed by atoms with Crippen LogP contribution in [0.5, 0.6) is 0 Å². The third kappa shape index (κ3) is 10.7. The van der Waals surface area contributed by atoms with Crippen molar-refractivity contribution in [2.24, 2.45) is 0 Å². The largest absolute Gasteiger partial charge is 0.333 e. The number of hydrogen-bond acceptors (Lipinski definition) is 2. The second kappa shape index (κ2) is 7.30. The van der Waals surface area contributed by atoms with Crippen LogP contribution in [0.3, 0.4) is 0 Å². The van der Waals surface area contributed by atoms with Crippen LogP contribution in [0.15, 0.2) is 0 Å². The minimum absolute atomic E-state index is 1.00. The van der Waals surface area contributed by atoms with Gasteiger partial charge in [-0.25, -0.2) is 0 Å². The Morgan fingerprint density at radius 3 is 0.933 bits per heavy atom. The normalized spacial score (nSPS) is 13.2. The highest BCUT2D eigenvalue weighted by Gasteiger charge is 2.46. The highest BCUT2D eigenvalue weighted by Crippen LogP contribution is 2.54. The first-order chi connectivity index (χ1) is 6.37. The topological polar surface area (TPSA) is 0 Å². The van der Waals surface area contributed by atoms with Crippen LogP contribution in [0.1, 0.15) is 0 Å². The molecule has 0 aromatic carbocycles. The van der Waals surface area contributed by atoms with Gasteiger partial charge in [-0.05, 0) is 12.5 Å². The lowest BCUT2D eigenvalue weighted by atomic mass is 10.8. The summed E-state index contributed by atoms with van der Waals surface area (Å²) in [4.78, 5) is 0. The Balaban J connectivity index is 0. The predicted molar refractivity (Wildman–Crippen MR) is 79.9 cm³/mol. The molecule has 0 unspecified atom stereocenters. The van der Waals surface area contributed by atoms with Crippen molar-refractivity contribution < 1.29 is 4.48 Å². The Morgan fingerprint density at radius 1 is 0.733 bits per heavy atom. The Morgan fingerprint density at radius 2 is 0.867 bits per heavy atom. The highest BCUT2D eigenvalue weighted by molar-refractivity contribution is 8.07. The SMILES string of the molecule is CSC(Cl)(Cl)C(Cl)(Cl)SC.C[N+](C)(C)C. The average Bonchev–Trinajstić information content (AvgIpc) is 2.01. The summed E-state index contributed by atoms with van der Waals surface area (Å²) in [5.74, 6) is 0. The second-order valence-corrected chi connectivity index (χ2v) is 9.72. The molecule has 0 saturated heterocycles. The van der Waals surface area contributed by atoms with Gasteiger partial charge in [0.15, 0.2) is 0 Å². The Kier molecular flexibility index (Phi) is 9.32. The molecule has 0 rings (SSSR count). The molecule has 0 heterocycles. The number of alkyl halides is 4. The first-order valence-corrected chi connectivity index (χ1v) is 7.98. The molecule has 0 fully saturated rings. The van der Waals surface area contributed by atoms with Crippen LogP contribution in [0.25, 0.3) is 0 Å². The number of thioether (sulfide) groups is 2. The summed E-state index contributed by atoms with van der Waals surface area (Å²) in [5.41, 5.74) is 0. The van der Waals surface area contributed by atoms with E-state index in [1.165, 1.54) is 23.5 Å². The van der Waals surface area contributed by atoms with Crippen LogP contribution in [0.4, 0.5) is 0 Å². The van der Waals surface area contributed by atoms with Crippen LogP contribution >= 0.6 is 69.9 Å². The Labute approximate surface area is 122 Å². The van der Waals surface area contributed by atoms with Gasteiger partial charge in [0, 0.05) is 0 Å². The molecule has 0 atom stereocenters. The van der Waals surface area contributed by atoms with Gasteiger partial charge in [0.05, 0.1) is 28.2 Å². The van der Waals surface area contributed by atoms with Gasteiger partial charge in [0.25, 0.3) is 0 Å². The molecule has 0 saturated carbocycles. The maximum atomic E-state index is 5.76. The summed E-state index contributed by atoms with van der Waals surface area (Å²) < 4.78 is -1.31. The van der Waals surface area contributed by atoms with Crippen molar-refractivity contribution in [3.8, 4) is 0 Å². The van der Waals surface area contributed by atoms with Gasteiger partial charge in [-0.2, -0.15) is 0 Å². The van der Waals surface area contributed by atoms with Crippen molar-refractivity contribution in [3.63, 3.8) is 0 Å². The van der Waals surface area contributed by atoms with E-state index >= 15 is 0 Å². The van der Waals surface area contributed by atoms with E-state index in [1.54, 1.807) is 12.5 Å². The average molecular weight is 334 g/mol. The summed E-state index contributed by atoms with van der Waals surface area (Å²) >= 11 is 25.4. The zero-order valence-corrected chi connectivity index (χ0v) is 14.4. The summed E-state index contributed by atoms with van der Waals surface area (Å²) in [6.45, 7) is 0. The monoisotopic (exact) mass is 332 g/mol. The van der Waals surface area contributed by atoms with Crippen molar-refractivity contribution in [2.75, 3.05) is 40.7 Å². The van der Waals surface area contributed by atoms with Crippen LogP contribution in [0.2, 0.25) is 0 Å². The van der Waals surface area contributed by atoms with Crippen LogP contribution in [-0.4, -0.2) is 52.5 Å². The molecule has 0 aliphatic carbocycles. The number of quaternary nitrogens is 1. The summed E-state index contributed by atoms with van der Waals surface area (Å²) in [5, 5.41) is 0. The summed E-state index contributed by atoms with van der Waals surface area (Å²) in [7, 11) is 8.50. The van der Waals surface area contributed by atoms with E-state index in [0.29, 0.717) is 0 Å². The summed E-state index contributed by atoms with van der Waals surface area (Å²) in [6, 6.07) is 0. The second-order valence-electron chi connectivity index (χ2n) is 4.13. The van der Waals surface area contributed by atoms with Crippen LogP contribution in [0, 0.1) is 0 Å². The molecule has 0 aromatic rings. The predicted octanol–water partition coefficient (Wildman–Crippen LogP) is 4.30. The number of rotatable bonds is 3. The lowest BCUT2D eigenvalue weighted by molar-refractivity contribution is -0.849. The van der Waals surface area contributed by atoms with Crippen molar-refractivity contribution in [2.45, 2.75) is 7.33 Å². The van der Waals surface area contributed by atoms with Gasteiger partial charge >= 0.3 is 0 Å². The molecule has 94 valence electrons. The molecule has 0 N–H and O–H groups in total. The van der Waals surface area contributed by atoms with Gasteiger partial charge in [-0.3, -0.25) is 0 Å². The lowest BCUT2D eigenvalue weighted by Gasteiger charge is -2.28. The molecule has 0 aliphatic rings. The van der Waals surface area contributed by atoms with E-state index in [-0.39, 0.29) is 0 Å². The molecule has 0 aromatic heterocycles. The molecule has 0 bridgehead atoms. The molecular weight excluding hydrogens is 316 g/mol. The molecule has 0 spiro atoms. The highest BCUT2D eigenvalue weighted by atomic mass is 35.5. The fourth-order valence-corrected chi connectivity index (χ4v) is 2.14. The van der Waals surface area contributed by atoms with Crippen molar-refractivity contribution in [1.29, 1.82) is 0 Å². The fourth-order valence-electron chi connectivity index (χ4n) is 0.238. The van der Waals surface area contributed by atoms with Gasteiger partial charge in [0.1, 0.15) is 0 Å².